The number of oxazole rings is 1. The Hall–Kier alpha value is -2.82. The molecule has 4 rings (SSSR count). The Bertz CT molecular complexity index is 946. The standard InChI is InChI=1S/C14H9N3O2/c18-14-16-10-3-1-2-4-12(10)17(14)9-5-6-11-13(7-9)19-8-15-11/h1-8H,(H,16,18). The number of rotatable bonds is 1. The molecule has 5 nitrogen and oxygen atoms in total. The minimum Gasteiger partial charge on any atom is -0.443 e. The number of imidazole rings is 1. The number of H-pyrrole nitrogens is 1. The molecule has 0 fully saturated rings. The van der Waals surface area contributed by atoms with Gasteiger partial charge in [-0.25, -0.2) is 9.78 Å². The van der Waals surface area contributed by atoms with E-state index < -0.39 is 0 Å². The number of benzene rings is 2. The summed E-state index contributed by atoms with van der Waals surface area (Å²) in [4.78, 5) is 19.0. The minimum atomic E-state index is -0.167. The quantitative estimate of drug-likeness (QED) is 0.565. The Morgan fingerprint density at radius 1 is 1.16 bits per heavy atom. The van der Waals surface area contributed by atoms with Gasteiger partial charge in [-0.05, 0) is 24.3 Å². The summed E-state index contributed by atoms with van der Waals surface area (Å²) in [5.41, 5.74) is 3.68. The Morgan fingerprint density at radius 3 is 3.00 bits per heavy atom. The summed E-state index contributed by atoms with van der Waals surface area (Å²) in [6.45, 7) is 0. The van der Waals surface area contributed by atoms with Crippen LogP contribution in [0.15, 0.2) is 58.1 Å². The van der Waals surface area contributed by atoms with E-state index in [-0.39, 0.29) is 5.69 Å². The van der Waals surface area contributed by atoms with Crippen molar-refractivity contribution in [1.82, 2.24) is 14.5 Å². The van der Waals surface area contributed by atoms with Crippen LogP contribution in [0.2, 0.25) is 0 Å². The second-order valence-corrected chi connectivity index (χ2v) is 4.29. The third-order valence-electron chi connectivity index (χ3n) is 3.16. The molecule has 0 radical (unpaired) electrons. The van der Waals surface area contributed by atoms with E-state index in [0.717, 1.165) is 22.2 Å². The van der Waals surface area contributed by atoms with Crippen LogP contribution in [0, 0.1) is 0 Å². The molecular weight excluding hydrogens is 242 g/mol. The average molecular weight is 251 g/mol. The zero-order valence-corrected chi connectivity index (χ0v) is 9.83. The van der Waals surface area contributed by atoms with Crippen LogP contribution < -0.4 is 5.69 Å². The van der Waals surface area contributed by atoms with Crippen LogP contribution in [0.25, 0.3) is 27.8 Å². The molecule has 5 heteroatoms. The van der Waals surface area contributed by atoms with E-state index in [1.165, 1.54) is 6.39 Å². The molecule has 0 atom stereocenters. The molecule has 0 unspecified atom stereocenters. The van der Waals surface area contributed by atoms with Gasteiger partial charge in [-0.15, -0.1) is 0 Å². The lowest BCUT2D eigenvalue weighted by Crippen LogP contribution is -2.14. The van der Waals surface area contributed by atoms with Gasteiger partial charge in [0.05, 0.1) is 16.7 Å². The Kier molecular flexibility index (Phi) is 1.91. The maximum absolute atomic E-state index is 12.1. The Labute approximate surface area is 107 Å². The maximum atomic E-state index is 12.1. The van der Waals surface area contributed by atoms with Gasteiger partial charge in [0.1, 0.15) is 5.52 Å². The monoisotopic (exact) mass is 251 g/mol. The second-order valence-electron chi connectivity index (χ2n) is 4.29. The molecule has 0 saturated heterocycles. The predicted octanol–water partition coefficient (Wildman–Crippen LogP) is 2.46. The fourth-order valence-corrected chi connectivity index (χ4v) is 2.29. The van der Waals surface area contributed by atoms with E-state index in [9.17, 15) is 4.79 Å². The van der Waals surface area contributed by atoms with E-state index >= 15 is 0 Å². The lowest BCUT2D eigenvalue weighted by molar-refractivity contribution is 0.602. The van der Waals surface area contributed by atoms with Crippen LogP contribution in [0.1, 0.15) is 0 Å². The number of nitrogens with one attached hydrogen (secondary N) is 1. The molecule has 19 heavy (non-hydrogen) atoms. The molecule has 2 aromatic carbocycles. The second kappa shape index (κ2) is 3.58. The molecule has 0 aliphatic carbocycles. The summed E-state index contributed by atoms with van der Waals surface area (Å²) in [6, 6.07) is 13.1. The van der Waals surface area contributed by atoms with Crippen molar-refractivity contribution in [3.05, 3.63) is 59.3 Å². The van der Waals surface area contributed by atoms with Crippen LogP contribution in [0.4, 0.5) is 0 Å². The molecule has 0 spiro atoms. The minimum absolute atomic E-state index is 0.167. The topological polar surface area (TPSA) is 63.8 Å². The molecule has 0 amide bonds. The molecule has 0 saturated carbocycles. The predicted molar refractivity (Wildman–Crippen MR) is 71.5 cm³/mol. The molecule has 0 bridgehead atoms. The fourth-order valence-electron chi connectivity index (χ4n) is 2.29. The summed E-state index contributed by atoms with van der Waals surface area (Å²) in [5, 5.41) is 0. The highest BCUT2D eigenvalue weighted by Gasteiger charge is 2.09. The Morgan fingerprint density at radius 2 is 2.05 bits per heavy atom. The van der Waals surface area contributed by atoms with Crippen LogP contribution in [-0.2, 0) is 0 Å². The van der Waals surface area contributed by atoms with Gasteiger partial charge in [-0.3, -0.25) is 4.57 Å². The van der Waals surface area contributed by atoms with Gasteiger partial charge in [0.25, 0.3) is 0 Å². The summed E-state index contributed by atoms with van der Waals surface area (Å²) < 4.78 is 6.89. The lowest BCUT2D eigenvalue weighted by Gasteiger charge is -2.02. The van der Waals surface area contributed by atoms with Crippen molar-refractivity contribution in [2.75, 3.05) is 0 Å². The highest BCUT2D eigenvalue weighted by Crippen LogP contribution is 2.19. The highest BCUT2D eigenvalue weighted by atomic mass is 16.3. The maximum Gasteiger partial charge on any atom is 0.331 e. The molecule has 0 aliphatic rings. The van der Waals surface area contributed by atoms with E-state index in [0.29, 0.717) is 5.58 Å². The van der Waals surface area contributed by atoms with E-state index in [4.69, 9.17) is 4.42 Å². The summed E-state index contributed by atoms with van der Waals surface area (Å²) in [6.07, 6.45) is 1.40. The molecule has 1 N–H and O–H groups in total. The SMILES string of the molecule is O=c1[nH]c2ccccc2n1-c1ccc2ncoc2c1. The molecule has 92 valence electrons. The van der Waals surface area contributed by atoms with Gasteiger partial charge in [-0.1, -0.05) is 12.1 Å². The van der Waals surface area contributed by atoms with E-state index in [2.05, 4.69) is 9.97 Å². The normalized spacial score (nSPS) is 11.4. The number of para-hydroxylation sites is 2. The van der Waals surface area contributed by atoms with Gasteiger partial charge in [0, 0.05) is 6.07 Å². The van der Waals surface area contributed by atoms with Crippen LogP contribution >= 0.6 is 0 Å². The molecule has 0 aliphatic heterocycles. The number of aromatic nitrogens is 3. The number of hydrogen-bond donors (Lipinski definition) is 1. The van der Waals surface area contributed by atoms with Crippen molar-refractivity contribution in [3.63, 3.8) is 0 Å². The third kappa shape index (κ3) is 1.41. The van der Waals surface area contributed by atoms with Crippen molar-refractivity contribution in [2.24, 2.45) is 0 Å². The fraction of sp³-hybridized carbons (Fsp3) is 0. The van der Waals surface area contributed by atoms with E-state index in [1.54, 1.807) is 4.57 Å². The van der Waals surface area contributed by atoms with Crippen molar-refractivity contribution in [2.45, 2.75) is 0 Å². The largest absolute Gasteiger partial charge is 0.443 e. The first-order valence-electron chi connectivity index (χ1n) is 5.86. The number of nitrogens with zero attached hydrogens (tertiary/aromatic N) is 2. The van der Waals surface area contributed by atoms with Crippen molar-refractivity contribution in [1.29, 1.82) is 0 Å². The first-order chi connectivity index (χ1) is 9.33. The first kappa shape index (κ1) is 10.1. The molecule has 2 aromatic heterocycles. The molecule has 4 aromatic rings. The van der Waals surface area contributed by atoms with Crippen molar-refractivity contribution < 1.29 is 4.42 Å². The first-order valence-corrected chi connectivity index (χ1v) is 5.86. The smallest absolute Gasteiger partial charge is 0.331 e. The van der Waals surface area contributed by atoms with Crippen molar-refractivity contribution in [3.8, 4) is 5.69 Å². The summed E-state index contributed by atoms with van der Waals surface area (Å²) >= 11 is 0. The van der Waals surface area contributed by atoms with E-state index in [1.807, 2.05) is 42.5 Å². The third-order valence-corrected chi connectivity index (χ3v) is 3.16. The molecular formula is C14H9N3O2. The van der Waals surface area contributed by atoms with Crippen LogP contribution in [0.3, 0.4) is 0 Å². The Balaban J connectivity index is 2.08. The van der Waals surface area contributed by atoms with Crippen LogP contribution in [-0.4, -0.2) is 14.5 Å². The van der Waals surface area contributed by atoms with Gasteiger partial charge < -0.3 is 9.40 Å². The lowest BCUT2D eigenvalue weighted by atomic mass is 10.2. The van der Waals surface area contributed by atoms with Gasteiger partial charge in [0.2, 0.25) is 0 Å². The number of aromatic amines is 1. The number of hydrogen-bond acceptors (Lipinski definition) is 3. The van der Waals surface area contributed by atoms with Gasteiger partial charge in [-0.2, -0.15) is 0 Å². The van der Waals surface area contributed by atoms with Gasteiger partial charge >= 0.3 is 5.69 Å². The summed E-state index contributed by atoms with van der Waals surface area (Å²) in [5.74, 6) is 0. The van der Waals surface area contributed by atoms with Crippen LogP contribution in [0.5, 0.6) is 0 Å². The highest BCUT2D eigenvalue weighted by molar-refractivity contribution is 5.80. The zero-order valence-electron chi connectivity index (χ0n) is 9.83. The molecule has 2 heterocycles. The number of fused-ring (bicyclic) bond motifs is 2. The zero-order chi connectivity index (χ0) is 12.8. The average Bonchev–Trinajstić information content (AvgIpc) is 3.00. The van der Waals surface area contributed by atoms with Gasteiger partial charge in [0.15, 0.2) is 12.0 Å². The van der Waals surface area contributed by atoms with Crippen molar-refractivity contribution >= 4 is 22.1 Å². The summed E-state index contributed by atoms with van der Waals surface area (Å²) in [7, 11) is 0.